The van der Waals surface area contributed by atoms with Crippen molar-refractivity contribution in [3.8, 4) is 50.2 Å². The van der Waals surface area contributed by atoms with Crippen LogP contribution in [0, 0.1) is 0 Å². The summed E-state index contributed by atoms with van der Waals surface area (Å²) in [5.74, 6) is 0. The second-order valence-electron chi connectivity index (χ2n) is 18.7. The van der Waals surface area contributed by atoms with Gasteiger partial charge in [-0.1, -0.05) is 200 Å². The van der Waals surface area contributed by atoms with Gasteiger partial charge in [-0.05, 0) is 110 Å². The normalized spacial score (nSPS) is 14.3. The molecule has 326 valence electrons. The number of benzene rings is 11. The second kappa shape index (κ2) is 14.9. The number of fused-ring (bicyclic) bond motifs is 15. The smallest absolute Gasteiger partial charge is 0.135 e. The molecule has 0 saturated heterocycles. The summed E-state index contributed by atoms with van der Waals surface area (Å²) in [6, 6.07) is 93.8. The van der Waals surface area contributed by atoms with Crippen LogP contribution in [0.3, 0.4) is 0 Å². The molecular formula is C67H42N2O. The second-order valence-corrected chi connectivity index (χ2v) is 18.7. The maximum Gasteiger partial charge on any atom is 0.135 e. The number of para-hydroxylation sites is 5. The van der Waals surface area contributed by atoms with Crippen molar-refractivity contribution in [1.82, 2.24) is 4.57 Å². The molecule has 3 nitrogen and oxygen atoms in total. The predicted molar refractivity (Wildman–Crippen MR) is 290 cm³/mol. The van der Waals surface area contributed by atoms with Gasteiger partial charge in [-0.3, -0.25) is 0 Å². The summed E-state index contributed by atoms with van der Waals surface area (Å²) >= 11 is 0. The van der Waals surface area contributed by atoms with Crippen LogP contribution >= 0.6 is 0 Å². The highest BCUT2D eigenvalue weighted by atomic mass is 16.3. The lowest BCUT2D eigenvalue weighted by Crippen LogP contribution is -2.33. The van der Waals surface area contributed by atoms with E-state index in [1.165, 1.54) is 72.0 Å². The maximum absolute atomic E-state index is 6.29. The monoisotopic (exact) mass is 890 g/mol. The Morgan fingerprint density at radius 3 is 1.83 bits per heavy atom. The third-order valence-corrected chi connectivity index (χ3v) is 15.2. The number of aromatic nitrogens is 1. The van der Waals surface area contributed by atoms with Crippen LogP contribution < -0.4 is 4.90 Å². The Hall–Kier alpha value is -9.18. The van der Waals surface area contributed by atoms with E-state index in [0.717, 1.165) is 61.3 Å². The summed E-state index contributed by atoms with van der Waals surface area (Å²) < 4.78 is 8.81. The molecule has 11 aromatic carbocycles. The largest absolute Gasteiger partial charge is 0.456 e. The Morgan fingerprint density at radius 2 is 0.929 bits per heavy atom. The third kappa shape index (κ3) is 5.40. The molecule has 70 heavy (non-hydrogen) atoms. The van der Waals surface area contributed by atoms with Gasteiger partial charge < -0.3 is 13.9 Å². The zero-order valence-electron chi connectivity index (χ0n) is 38.1. The SMILES string of the molecule is c1ccc(-c2ccc(-c3ccccc3N(c3cccc(-c4ccc5oc6ccccc6c5c4)c3)c3cccc4c3-c3ccccc3C43c4ccccc4-n4c5ccccc5c5cccc3c54)cc2)cc1. The van der Waals surface area contributed by atoms with E-state index >= 15 is 0 Å². The molecule has 0 fully saturated rings. The van der Waals surface area contributed by atoms with Crippen LogP contribution in [-0.4, -0.2) is 4.57 Å². The van der Waals surface area contributed by atoms with Gasteiger partial charge in [0.1, 0.15) is 11.2 Å². The van der Waals surface area contributed by atoms with Crippen LogP contribution in [-0.2, 0) is 5.41 Å². The average molecular weight is 891 g/mol. The van der Waals surface area contributed by atoms with E-state index in [4.69, 9.17) is 4.42 Å². The van der Waals surface area contributed by atoms with Gasteiger partial charge in [0.15, 0.2) is 0 Å². The van der Waals surface area contributed by atoms with Crippen molar-refractivity contribution in [3.05, 3.63) is 277 Å². The summed E-state index contributed by atoms with van der Waals surface area (Å²) in [5.41, 5.74) is 22.8. The fraction of sp³-hybridized carbons (Fsp3) is 0.0149. The van der Waals surface area contributed by atoms with E-state index in [9.17, 15) is 0 Å². The van der Waals surface area contributed by atoms with Crippen LogP contribution in [0.1, 0.15) is 22.3 Å². The molecule has 15 rings (SSSR count). The molecule has 0 N–H and O–H groups in total. The molecule has 2 aromatic heterocycles. The topological polar surface area (TPSA) is 21.3 Å². The van der Waals surface area contributed by atoms with Crippen molar-refractivity contribution >= 4 is 60.8 Å². The lowest BCUT2D eigenvalue weighted by molar-refractivity contribution is 0.669. The lowest BCUT2D eigenvalue weighted by Gasteiger charge is -2.39. The molecule has 3 heterocycles. The minimum absolute atomic E-state index is 0.592. The highest BCUT2D eigenvalue weighted by molar-refractivity contribution is 6.13. The molecule has 1 atom stereocenters. The maximum atomic E-state index is 6.29. The minimum Gasteiger partial charge on any atom is -0.456 e. The quantitative estimate of drug-likeness (QED) is 0.166. The molecule has 13 aromatic rings. The molecule has 3 heteroatoms. The summed E-state index contributed by atoms with van der Waals surface area (Å²) in [4.78, 5) is 2.52. The van der Waals surface area contributed by atoms with Gasteiger partial charge >= 0.3 is 0 Å². The van der Waals surface area contributed by atoms with Crippen LogP contribution in [0.5, 0.6) is 0 Å². The summed E-state index contributed by atoms with van der Waals surface area (Å²) in [6.45, 7) is 0. The van der Waals surface area contributed by atoms with Gasteiger partial charge in [-0.15, -0.1) is 0 Å². The Kier molecular flexibility index (Phi) is 8.28. The molecule has 1 spiro atoms. The number of nitrogens with zero attached hydrogens (tertiary/aromatic N) is 2. The Morgan fingerprint density at radius 1 is 0.343 bits per heavy atom. The standard InChI is InChI=1S/C67H42N2O/c1-2-17-43(18-3-1)44-35-37-45(38-36-44)49-21-5-10-30-59(49)68(48-20-14-19-46(41-48)47-39-40-64-54(42-47)51-23-7-13-34-63(51)70-64)62-33-16-28-57-65(62)53-24-4-8-26-55(53)67(57)56-27-9-12-32-61(56)69-60-31-11-6-22-50(60)52-25-15-29-58(67)66(52)69/h1-42H. The fourth-order valence-electron chi connectivity index (χ4n) is 12.3. The minimum atomic E-state index is -0.592. The first-order chi connectivity index (χ1) is 34.7. The molecule has 0 radical (unpaired) electrons. The first kappa shape index (κ1) is 38.9. The summed E-state index contributed by atoms with van der Waals surface area (Å²) in [7, 11) is 0. The van der Waals surface area contributed by atoms with Crippen molar-refractivity contribution in [1.29, 1.82) is 0 Å². The fourth-order valence-corrected chi connectivity index (χ4v) is 12.3. The highest BCUT2D eigenvalue weighted by Crippen LogP contribution is 2.63. The number of furan rings is 1. The number of rotatable bonds is 6. The third-order valence-electron chi connectivity index (χ3n) is 15.2. The summed E-state index contributed by atoms with van der Waals surface area (Å²) in [6.07, 6.45) is 0. The highest BCUT2D eigenvalue weighted by Gasteiger charge is 2.51. The van der Waals surface area contributed by atoms with Crippen molar-refractivity contribution in [2.75, 3.05) is 4.90 Å². The Bertz CT molecular complexity index is 4250. The molecule has 0 amide bonds. The molecule has 0 bridgehead atoms. The first-order valence-corrected chi connectivity index (χ1v) is 24.2. The van der Waals surface area contributed by atoms with Crippen molar-refractivity contribution in [3.63, 3.8) is 0 Å². The number of anilines is 3. The van der Waals surface area contributed by atoms with E-state index in [0.29, 0.717) is 0 Å². The summed E-state index contributed by atoms with van der Waals surface area (Å²) in [5, 5.41) is 4.78. The van der Waals surface area contributed by atoms with Crippen LogP contribution in [0.4, 0.5) is 17.1 Å². The van der Waals surface area contributed by atoms with Gasteiger partial charge in [-0.25, -0.2) is 0 Å². The van der Waals surface area contributed by atoms with Gasteiger partial charge in [0.2, 0.25) is 0 Å². The van der Waals surface area contributed by atoms with Crippen LogP contribution in [0.15, 0.2) is 259 Å². The van der Waals surface area contributed by atoms with Crippen LogP contribution in [0.25, 0.3) is 93.9 Å². The van der Waals surface area contributed by atoms with E-state index in [1.807, 2.05) is 12.1 Å². The van der Waals surface area contributed by atoms with E-state index < -0.39 is 5.41 Å². The number of hydrogen-bond acceptors (Lipinski definition) is 2. The number of hydrogen-bond donors (Lipinski definition) is 0. The van der Waals surface area contributed by atoms with Gasteiger partial charge in [0, 0.05) is 38.4 Å². The van der Waals surface area contributed by atoms with Gasteiger partial charge in [-0.2, -0.15) is 0 Å². The Balaban J connectivity index is 1.000. The Labute approximate surface area is 405 Å². The van der Waals surface area contributed by atoms with E-state index in [1.54, 1.807) is 0 Å². The molecular weight excluding hydrogens is 849 g/mol. The van der Waals surface area contributed by atoms with Crippen LogP contribution in [0.2, 0.25) is 0 Å². The van der Waals surface area contributed by atoms with Gasteiger partial charge in [0.05, 0.1) is 33.5 Å². The molecule has 1 aliphatic heterocycles. The predicted octanol–water partition coefficient (Wildman–Crippen LogP) is 17.8. The zero-order chi connectivity index (χ0) is 45.9. The average Bonchev–Trinajstić information content (AvgIpc) is 4.09. The molecule has 2 aliphatic rings. The van der Waals surface area contributed by atoms with E-state index in [-0.39, 0.29) is 0 Å². The van der Waals surface area contributed by atoms with Crippen molar-refractivity contribution in [2.45, 2.75) is 5.41 Å². The molecule has 1 unspecified atom stereocenters. The lowest BCUT2D eigenvalue weighted by atomic mass is 9.65. The first-order valence-electron chi connectivity index (χ1n) is 24.2. The van der Waals surface area contributed by atoms with Crippen molar-refractivity contribution < 1.29 is 4.42 Å². The van der Waals surface area contributed by atoms with Crippen molar-refractivity contribution in [2.24, 2.45) is 0 Å². The molecule has 0 saturated carbocycles. The zero-order valence-corrected chi connectivity index (χ0v) is 38.1. The van der Waals surface area contributed by atoms with E-state index in [2.05, 4.69) is 252 Å². The van der Waals surface area contributed by atoms with Gasteiger partial charge in [0.25, 0.3) is 0 Å². The molecule has 1 aliphatic carbocycles.